The summed E-state index contributed by atoms with van der Waals surface area (Å²) in [6.45, 7) is 11.9. The molecule has 0 unspecified atom stereocenters. The molecule has 1 aliphatic heterocycles. The first-order chi connectivity index (χ1) is 9.67. The minimum absolute atomic E-state index is 0.989. The van der Waals surface area contributed by atoms with Crippen LogP contribution in [0.1, 0.15) is 53.4 Å². The molecular formula is C18H30N2. The molecule has 1 heterocycles. The van der Waals surface area contributed by atoms with Crippen molar-refractivity contribution in [2.75, 3.05) is 19.6 Å². The number of hydrogen-bond donors (Lipinski definition) is 0. The summed E-state index contributed by atoms with van der Waals surface area (Å²) in [5.41, 5.74) is 3.73. The van der Waals surface area contributed by atoms with Crippen LogP contribution in [0.3, 0.4) is 0 Å². The molecule has 0 atom stereocenters. The number of rotatable bonds is 6. The number of nitrogens with zero attached hydrogens (tertiary/aromatic N) is 2. The van der Waals surface area contributed by atoms with Crippen molar-refractivity contribution in [3.05, 3.63) is 35.6 Å². The van der Waals surface area contributed by atoms with Gasteiger partial charge in [0.15, 0.2) is 0 Å². The van der Waals surface area contributed by atoms with E-state index in [0.717, 1.165) is 13.0 Å². The van der Waals surface area contributed by atoms with Crippen LogP contribution in [-0.2, 0) is 0 Å². The third kappa shape index (κ3) is 6.33. The number of allylic oxidation sites excluding steroid dienone is 5. The minimum atomic E-state index is 0.989. The van der Waals surface area contributed by atoms with E-state index < -0.39 is 0 Å². The predicted octanol–water partition coefficient (Wildman–Crippen LogP) is 4.75. The van der Waals surface area contributed by atoms with Gasteiger partial charge >= 0.3 is 0 Å². The van der Waals surface area contributed by atoms with Gasteiger partial charge in [0.1, 0.15) is 0 Å². The Labute approximate surface area is 125 Å². The highest BCUT2D eigenvalue weighted by atomic mass is 15.1. The van der Waals surface area contributed by atoms with Crippen molar-refractivity contribution in [1.29, 1.82) is 0 Å². The fourth-order valence-corrected chi connectivity index (χ4v) is 2.29. The van der Waals surface area contributed by atoms with Gasteiger partial charge in [-0.2, -0.15) is 0 Å². The van der Waals surface area contributed by atoms with Crippen molar-refractivity contribution in [3.63, 3.8) is 0 Å². The highest BCUT2D eigenvalue weighted by molar-refractivity contribution is 5.82. The molecule has 112 valence electrons. The van der Waals surface area contributed by atoms with Gasteiger partial charge < -0.3 is 0 Å². The Morgan fingerprint density at radius 3 is 2.40 bits per heavy atom. The highest BCUT2D eigenvalue weighted by Crippen LogP contribution is 2.15. The zero-order valence-corrected chi connectivity index (χ0v) is 13.7. The van der Waals surface area contributed by atoms with Crippen LogP contribution in [0.2, 0.25) is 0 Å². The number of likely N-dealkylation sites (tertiary alicyclic amines) is 1. The van der Waals surface area contributed by atoms with Gasteiger partial charge in [0.25, 0.3) is 0 Å². The van der Waals surface area contributed by atoms with Crippen LogP contribution in [0.15, 0.2) is 40.6 Å². The van der Waals surface area contributed by atoms with Crippen LogP contribution in [0.4, 0.5) is 0 Å². The summed E-state index contributed by atoms with van der Waals surface area (Å²) in [4.78, 5) is 7.39. The number of hydrogen-bond acceptors (Lipinski definition) is 2. The van der Waals surface area contributed by atoms with Crippen molar-refractivity contribution in [3.8, 4) is 0 Å². The van der Waals surface area contributed by atoms with Gasteiger partial charge in [-0.25, -0.2) is 0 Å². The first kappa shape index (κ1) is 16.9. The van der Waals surface area contributed by atoms with Gasteiger partial charge in [-0.05, 0) is 58.7 Å². The predicted molar refractivity (Wildman–Crippen MR) is 90.3 cm³/mol. The van der Waals surface area contributed by atoms with Gasteiger partial charge in [0.05, 0.1) is 5.70 Å². The van der Waals surface area contributed by atoms with E-state index in [1.165, 1.54) is 49.3 Å². The second kappa shape index (κ2) is 9.71. The van der Waals surface area contributed by atoms with Crippen molar-refractivity contribution >= 4 is 5.71 Å². The van der Waals surface area contributed by atoms with Crippen molar-refractivity contribution in [1.82, 2.24) is 4.90 Å². The molecule has 0 amide bonds. The average molecular weight is 274 g/mol. The Hall–Kier alpha value is -1.15. The second-order valence-electron chi connectivity index (χ2n) is 5.55. The first-order valence-corrected chi connectivity index (χ1v) is 7.93. The smallest absolute Gasteiger partial charge is 0.0572 e. The van der Waals surface area contributed by atoms with Crippen LogP contribution >= 0.6 is 0 Å². The van der Waals surface area contributed by atoms with Crippen LogP contribution in [0, 0.1) is 0 Å². The van der Waals surface area contributed by atoms with Crippen LogP contribution in [0.25, 0.3) is 0 Å². The molecule has 0 saturated carbocycles. The highest BCUT2D eigenvalue weighted by Gasteiger charge is 2.12. The van der Waals surface area contributed by atoms with Crippen LogP contribution < -0.4 is 0 Å². The summed E-state index contributed by atoms with van der Waals surface area (Å²) in [6, 6.07) is 0. The molecule has 20 heavy (non-hydrogen) atoms. The molecule has 2 nitrogen and oxygen atoms in total. The molecule has 1 rings (SSSR count). The van der Waals surface area contributed by atoms with Gasteiger partial charge in [-0.1, -0.05) is 37.6 Å². The SMILES string of the molecule is C\C=C/C=C\C(C)=C(/CN1CCCCC1)N=C(C)CC. The molecule has 0 aromatic rings. The van der Waals surface area contributed by atoms with Gasteiger partial charge in [-0.15, -0.1) is 0 Å². The molecule has 0 spiro atoms. The van der Waals surface area contributed by atoms with E-state index in [1.54, 1.807) is 0 Å². The molecular weight excluding hydrogens is 244 g/mol. The lowest BCUT2D eigenvalue weighted by Gasteiger charge is -2.27. The van der Waals surface area contributed by atoms with E-state index in [9.17, 15) is 0 Å². The zero-order chi connectivity index (χ0) is 14.8. The zero-order valence-electron chi connectivity index (χ0n) is 13.7. The second-order valence-corrected chi connectivity index (χ2v) is 5.55. The molecule has 2 heteroatoms. The quantitative estimate of drug-likeness (QED) is 0.504. The fourth-order valence-electron chi connectivity index (χ4n) is 2.29. The molecule has 0 radical (unpaired) electrons. The lowest BCUT2D eigenvalue weighted by atomic mass is 10.1. The van der Waals surface area contributed by atoms with Crippen molar-refractivity contribution in [2.45, 2.75) is 53.4 Å². The Bertz CT molecular complexity index is 394. The van der Waals surface area contributed by atoms with Crippen LogP contribution in [0.5, 0.6) is 0 Å². The maximum absolute atomic E-state index is 4.85. The van der Waals surface area contributed by atoms with Crippen molar-refractivity contribution < 1.29 is 0 Å². The molecule has 1 aliphatic rings. The summed E-state index contributed by atoms with van der Waals surface area (Å²) < 4.78 is 0. The molecule has 1 fully saturated rings. The largest absolute Gasteiger partial charge is 0.298 e. The van der Waals surface area contributed by atoms with E-state index in [1.807, 2.05) is 6.92 Å². The summed E-state index contributed by atoms with van der Waals surface area (Å²) in [5, 5.41) is 0. The monoisotopic (exact) mass is 274 g/mol. The maximum Gasteiger partial charge on any atom is 0.0572 e. The molecule has 0 bridgehead atoms. The fraction of sp³-hybridized carbons (Fsp3) is 0.611. The van der Waals surface area contributed by atoms with Crippen molar-refractivity contribution in [2.24, 2.45) is 4.99 Å². The third-order valence-electron chi connectivity index (χ3n) is 3.76. The molecule has 0 aliphatic carbocycles. The standard InChI is InChI=1S/C18H30N2/c1-5-7-9-12-16(3)18(19-17(4)6-2)15-20-13-10-8-11-14-20/h5,7,9,12H,6,8,10-11,13-15H2,1-4H3/b7-5-,12-9-,18-16+,19-17?. The Balaban J connectivity index is 2.85. The summed E-state index contributed by atoms with van der Waals surface area (Å²) in [6.07, 6.45) is 13.5. The lowest BCUT2D eigenvalue weighted by Crippen LogP contribution is -2.31. The maximum atomic E-state index is 4.85. The van der Waals surface area contributed by atoms with E-state index in [2.05, 4.69) is 50.0 Å². The van der Waals surface area contributed by atoms with E-state index in [4.69, 9.17) is 4.99 Å². The van der Waals surface area contributed by atoms with Gasteiger partial charge in [0.2, 0.25) is 0 Å². The van der Waals surface area contributed by atoms with E-state index >= 15 is 0 Å². The Kier molecular flexibility index (Phi) is 8.20. The van der Waals surface area contributed by atoms with Gasteiger partial charge in [0, 0.05) is 12.3 Å². The lowest BCUT2D eigenvalue weighted by molar-refractivity contribution is 0.245. The molecule has 0 aromatic carbocycles. The topological polar surface area (TPSA) is 15.6 Å². The summed E-state index contributed by atoms with van der Waals surface area (Å²) in [5.74, 6) is 0. The Morgan fingerprint density at radius 1 is 1.10 bits per heavy atom. The number of aliphatic imine (C=N–C) groups is 1. The molecule has 0 aromatic heterocycles. The third-order valence-corrected chi connectivity index (χ3v) is 3.76. The normalized spacial score (nSPS) is 19.9. The average Bonchev–Trinajstić information content (AvgIpc) is 2.47. The summed E-state index contributed by atoms with van der Waals surface area (Å²) >= 11 is 0. The molecule has 0 N–H and O–H groups in total. The van der Waals surface area contributed by atoms with E-state index in [0.29, 0.717) is 0 Å². The van der Waals surface area contributed by atoms with Gasteiger partial charge in [-0.3, -0.25) is 9.89 Å². The minimum Gasteiger partial charge on any atom is -0.298 e. The Morgan fingerprint density at radius 2 is 1.80 bits per heavy atom. The van der Waals surface area contributed by atoms with E-state index in [-0.39, 0.29) is 0 Å². The van der Waals surface area contributed by atoms with Crippen LogP contribution in [-0.4, -0.2) is 30.2 Å². The summed E-state index contributed by atoms with van der Waals surface area (Å²) in [7, 11) is 0. The molecule has 1 saturated heterocycles. The number of piperidine rings is 1. The first-order valence-electron chi connectivity index (χ1n) is 7.93.